The summed E-state index contributed by atoms with van der Waals surface area (Å²) in [6, 6.07) is 18.2. The van der Waals surface area contributed by atoms with Gasteiger partial charge in [-0.25, -0.2) is 0 Å². The Labute approximate surface area is 190 Å². The topological polar surface area (TPSA) is 6.48 Å². The van der Waals surface area contributed by atoms with Crippen molar-refractivity contribution in [2.75, 3.05) is 26.2 Å². The summed E-state index contributed by atoms with van der Waals surface area (Å²) in [5.74, 6) is 1.94. The van der Waals surface area contributed by atoms with E-state index in [-0.39, 0.29) is 0 Å². The normalized spacial score (nSPS) is 19.7. The molecule has 0 spiro atoms. The van der Waals surface area contributed by atoms with E-state index in [1.54, 1.807) is 0 Å². The Balaban J connectivity index is 1.08. The zero-order valence-electron chi connectivity index (χ0n) is 19.9. The smallest absolute Gasteiger partial charge is 0.0233 e. The maximum Gasteiger partial charge on any atom is 0.0233 e. The number of hydrogen-bond donors (Lipinski definition) is 0. The zero-order chi connectivity index (χ0) is 21.5. The fourth-order valence-electron chi connectivity index (χ4n) is 5.47. The highest BCUT2D eigenvalue weighted by Crippen LogP contribution is 2.28. The van der Waals surface area contributed by atoms with E-state index in [1.807, 2.05) is 0 Å². The number of likely N-dealkylation sites (tertiary alicyclic amines) is 2. The van der Waals surface area contributed by atoms with E-state index < -0.39 is 0 Å². The lowest BCUT2D eigenvalue weighted by Gasteiger charge is -2.33. The lowest BCUT2D eigenvalue weighted by atomic mass is 9.86. The van der Waals surface area contributed by atoms with Crippen molar-refractivity contribution in [1.82, 2.24) is 9.80 Å². The van der Waals surface area contributed by atoms with Gasteiger partial charge in [0, 0.05) is 13.1 Å². The third-order valence-electron chi connectivity index (χ3n) is 7.69. The van der Waals surface area contributed by atoms with Crippen LogP contribution in [-0.2, 0) is 13.1 Å². The second kappa shape index (κ2) is 11.3. The number of rotatable bonds is 8. The maximum absolute atomic E-state index is 2.66. The first-order valence-electron chi connectivity index (χ1n) is 12.7. The molecule has 0 bridgehead atoms. The van der Waals surface area contributed by atoms with Crippen molar-refractivity contribution in [2.45, 2.75) is 71.9 Å². The number of benzene rings is 2. The van der Waals surface area contributed by atoms with E-state index in [1.165, 1.54) is 93.4 Å². The van der Waals surface area contributed by atoms with Gasteiger partial charge < -0.3 is 0 Å². The number of piperidine rings is 2. The van der Waals surface area contributed by atoms with Crippen LogP contribution in [0, 0.1) is 25.7 Å². The van der Waals surface area contributed by atoms with Crippen LogP contribution in [0.4, 0.5) is 0 Å². The first-order chi connectivity index (χ1) is 15.1. The minimum Gasteiger partial charge on any atom is -0.299 e. The van der Waals surface area contributed by atoms with Crippen molar-refractivity contribution < 1.29 is 0 Å². The first kappa shape index (κ1) is 22.6. The van der Waals surface area contributed by atoms with Crippen LogP contribution in [-0.4, -0.2) is 36.0 Å². The molecule has 2 aliphatic rings. The highest BCUT2D eigenvalue weighted by Gasteiger charge is 2.22. The summed E-state index contributed by atoms with van der Waals surface area (Å²) >= 11 is 0. The van der Waals surface area contributed by atoms with E-state index in [9.17, 15) is 0 Å². The van der Waals surface area contributed by atoms with Gasteiger partial charge in [0.1, 0.15) is 0 Å². The molecule has 0 N–H and O–H groups in total. The van der Waals surface area contributed by atoms with Gasteiger partial charge in [0.2, 0.25) is 0 Å². The Morgan fingerprint density at radius 3 is 1.29 bits per heavy atom. The molecule has 0 amide bonds. The van der Waals surface area contributed by atoms with Crippen molar-refractivity contribution in [3.63, 3.8) is 0 Å². The molecule has 0 radical (unpaired) electrons. The van der Waals surface area contributed by atoms with Gasteiger partial charge >= 0.3 is 0 Å². The van der Waals surface area contributed by atoms with Gasteiger partial charge in [-0.2, -0.15) is 0 Å². The SMILES string of the molecule is Cc1ccc(CN2CCC(CCCC3CCN(Cc4ccc(C)cc4)CC3)CC2)cc1. The van der Waals surface area contributed by atoms with E-state index >= 15 is 0 Å². The van der Waals surface area contributed by atoms with Crippen LogP contribution < -0.4 is 0 Å². The molecule has 31 heavy (non-hydrogen) atoms. The molecule has 2 aromatic carbocycles. The van der Waals surface area contributed by atoms with E-state index in [0.29, 0.717) is 0 Å². The average molecular weight is 419 g/mol. The van der Waals surface area contributed by atoms with Crippen LogP contribution in [0.1, 0.15) is 67.2 Å². The minimum absolute atomic E-state index is 0.968. The van der Waals surface area contributed by atoms with Gasteiger partial charge in [-0.3, -0.25) is 9.80 Å². The van der Waals surface area contributed by atoms with Crippen molar-refractivity contribution in [3.8, 4) is 0 Å². The number of aryl methyl sites for hydroxylation is 2. The second-order valence-corrected chi connectivity index (χ2v) is 10.3. The fraction of sp³-hybridized carbons (Fsp3) is 0.586. The summed E-state index contributed by atoms with van der Waals surface area (Å²) in [6.45, 7) is 11.8. The molecule has 0 atom stereocenters. The van der Waals surface area contributed by atoms with E-state index in [2.05, 4.69) is 72.2 Å². The molecule has 168 valence electrons. The van der Waals surface area contributed by atoms with Crippen molar-refractivity contribution in [2.24, 2.45) is 11.8 Å². The van der Waals surface area contributed by atoms with Gasteiger partial charge in [-0.15, -0.1) is 0 Å². The standard InChI is InChI=1S/C29H42N2/c1-24-6-10-28(11-7-24)22-30-18-14-26(15-19-30)4-3-5-27-16-20-31(21-17-27)23-29-12-8-25(2)9-13-29/h6-13,26-27H,3-5,14-23H2,1-2H3. The Morgan fingerprint density at radius 2 is 0.935 bits per heavy atom. The van der Waals surface area contributed by atoms with Crippen molar-refractivity contribution in [1.29, 1.82) is 0 Å². The van der Waals surface area contributed by atoms with Gasteiger partial charge in [-0.1, -0.05) is 78.9 Å². The summed E-state index contributed by atoms with van der Waals surface area (Å²) in [6.07, 6.45) is 9.98. The van der Waals surface area contributed by atoms with Crippen LogP contribution in [0.2, 0.25) is 0 Å². The van der Waals surface area contributed by atoms with Crippen LogP contribution in [0.15, 0.2) is 48.5 Å². The van der Waals surface area contributed by atoms with Crippen molar-refractivity contribution >= 4 is 0 Å². The lowest BCUT2D eigenvalue weighted by Crippen LogP contribution is -2.34. The lowest BCUT2D eigenvalue weighted by molar-refractivity contribution is 0.156. The second-order valence-electron chi connectivity index (χ2n) is 10.3. The largest absolute Gasteiger partial charge is 0.299 e. The summed E-state index contributed by atoms with van der Waals surface area (Å²) in [4.78, 5) is 5.32. The van der Waals surface area contributed by atoms with Gasteiger partial charge in [0.05, 0.1) is 0 Å². The first-order valence-corrected chi connectivity index (χ1v) is 12.7. The van der Waals surface area contributed by atoms with Crippen LogP contribution in [0.25, 0.3) is 0 Å². The van der Waals surface area contributed by atoms with Crippen LogP contribution >= 0.6 is 0 Å². The monoisotopic (exact) mass is 418 g/mol. The van der Waals surface area contributed by atoms with Crippen molar-refractivity contribution in [3.05, 3.63) is 70.8 Å². The van der Waals surface area contributed by atoms with Crippen LogP contribution in [0.3, 0.4) is 0 Å². The number of nitrogens with zero attached hydrogens (tertiary/aromatic N) is 2. The van der Waals surface area contributed by atoms with E-state index in [4.69, 9.17) is 0 Å². The molecule has 2 fully saturated rings. The Kier molecular flexibility index (Phi) is 8.21. The predicted molar refractivity (Wildman–Crippen MR) is 132 cm³/mol. The molecule has 2 aromatic rings. The fourth-order valence-corrected chi connectivity index (χ4v) is 5.47. The molecule has 0 aromatic heterocycles. The third-order valence-corrected chi connectivity index (χ3v) is 7.69. The summed E-state index contributed by atoms with van der Waals surface area (Å²) in [5, 5.41) is 0. The molecule has 2 nitrogen and oxygen atoms in total. The highest BCUT2D eigenvalue weighted by molar-refractivity contribution is 5.22. The summed E-state index contributed by atoms with van der Waals surface area (Å²) in [5.41, 5.74) is 5.66. The Hall–Kier alpha value is -1.64. The average Bonchev–Trinajstić information content (AvgIpc) is 2.79. The molecular formula is C29H42N2. The molecule has 4 rings (SSSR count). The molecule has 0 unspecified atom stereocenters. The maximum atomic E-state index is 2.66. The van der Waals surface area contributed by atoms with E-state index in [0.717, 1.165) is 24.9 Å². The molecule has 2 heteroatoms. The van der Waals surface area contributed by atoms with Crippen LogP contribution in [0.5, 0.6) is 0 Å². The predicted octanol–water partition coefficient (Wildman–Crippen LogP) is 6.60. The van der Waals surface area contributed by atoms with Gasteiger partial charge in [0.15, 0.2) is 0 Å². The quantitative estimate of drug-likeness (QED) is 0.476. The zero-order valence-corrected chi connectivity index (χ0v) is 19.9. The Bertz CT molecular complexity index is 696. The molecular weight excluding hydrogens is 376 g/mol. The highest BCUT2D eigenvalue weighted by atomic mass is 15.1. The minimum atomic E-state index is 0.968. The third kappa shape index (κ3) is 7.19. The number of hydrogen-bond acceptors (Lipinski definition) is 2. The molecule has 2 saturated heterocycles. The molecule has 2 heterocycles. The Morgan fingerprint density at radius 1 is 0.581 bits per heavy atom. The molecule has 2 aliphatic heterocycles. The molecule has 0 saturated carbocycles. The van der Waals surface area contributed by atoms with Gasteiger partial charge in [-0.05, 0) is 88.7 Å². The summed E-state index contributed by atoms with van der Waals surface area (Å²) in [7, 11) is 0. The molecule has 0 aliphatic carbocycles. The summed E-state index contributed by atoms with van der Waals surface area (Å²) < 4.78 is 0. The van der Waals surface area contributed by atoms with Gasteiger partial charge in [0.25, 0.3) is 0 Å².